The fourth-order valence-corrected chi connectivity index (χ4v) is 0.855. The van der Waals surface area contributed by atoms with Gasteiger partial charge in [-0.1, -0.05) is 12.1 Å². The molecule has 10 heavy (non-hydrogen) atoms. The number of hydrogen-bond acceptors (Lipinski definition) is 1. The van der Waals surface area contributed by atoms with E-state index >= 15 is 0 Å². The lowest BCUT2D eigenvalue weighted by Gasteiger charge is -2.02. The lowest BCUT2D eigenvalue weighted by Crippen LogP contribution is -1.88. The summed E-state index contributed by atoms with van der Waals surface area (Å²) in [6.07, 6.45) is 0. The molecule has 0 atom stereocenters. The van der Waals surface area contributed by atoms with Crippen molar-refractivity contribution in [3.63, 3.8) is 0 Å². The SMILES string of the molecule is Cc1c([NH])cccc1CO. The first-order chi connectivity index (χ1) is 4.75. The van der Waals surface area contributed by atoms with Crippen molar-refractivity contribution in [2.24, 2.45) is 0 Å². The van der Waals surface area contributed by atoms with Crippen LogP contribution >= 0.6 is 0 Å². The maximum Gasteiger partial charge on any atom is 0.0685 e. The van der Waals surface area contributed by atoms with Crippen molar-refractivity contribution in [2.75, 3.05) is 0 Å². The van der Waals surface area contributed by atoms with Crippen LogP contribution in [0.3, 0.4) is 0 Å². The van der Waals surface area contributed by atoms with E-state index in [1.54, 1.807) is 12.1 Å². The molecule has 2 heteroatoms. The van der Waals surface area contributed by atoms with E-state index in [9.17, 15) is 0 Å². The topological polar surface area (TPSA) is 44.0 Å². The number of nitrogens with one attached hydrogen (secondary N) is 1. The van der Waals surface area contributed by atoms with Crippen molar-refractivity contribution < 1.29 is 5.11 Å². The summed E-state index contributed by atoms with van der Waals surface area (Å²) < 4.78 is 0. The molecule has 0 aliphatic carbocycles. The van der Waals surface area contributed by atoms with Crippen molar-refractivity contribution in [1.29, 1.82) is 0 Å². The molecular formula is C8H10NO. The molecule has 1 rings (SSSR count). The Hall–Kier alpha value is -1.02. The Morgan fingerprint density at radius 3 is 2.70 bits per heavy atom. The van der Waals surface area contributed by atoms with Gasteiger partial charge in [-0.15, -0.1) is 0 Å². The molecular weight excluding hydrogens is 126 g/mol. The molecule has 2 nitrogen and oxygen atoms in total. The van der Waals surface area contributed by atoms with E-state index in [1.807, 2.05) is 13.0 Å². The summed E-state index contributed by atoms with van der Waals surface area (Å²) in [5.41, 5.74) is 9.55. The van der Waals surface area contributed by atoms with E-state index < -0.39 is 0 Å². The van der Waals surface area contributed by atoms with E-state index in [1.165, 1.54) is 0 Å². The molecule has 0 heterocycles. The Kier molecular flexibility index (Phi) is 1.92. The quantitative estimate of drug-likeness (QED) is 0.623. The van der Waals surface area contributed by atoms with Gasteiger partial charge in [0, 0.05) is 0 Å². The summed E-state index contributed by atoms with van der Waals surface area (Å²) in [6, 6.07) is 5.32. The Morgan fingerprint density at radius 2 is 2.20 bits per heavy atom. The maximum absolute atomic E-state index is 8.76. The Bertz CT molecular complexity index is 233. The first kappa shape index (κ1) is 7.09. The highest BCUT2D eigenvalue weighted by molar-refractivity contribution is 5.46. The van der Waals surface area contributed by atoms with Crippen LogP contribution in [0.4, 0.5) is 5.69 Å². The van der Waals surface area contributed by atoms with Crippen LogP contribution in [0, 0.1) is 6.92 Å². The van der Waals surface area contributed by atoms with Gasteiger partial charge in [-0.25, -0.2) is 0 Å². The molecule has 0 spiro atoms. The van der Waals surface area contributed by atoms with E-state index in [0.717, 1.165) is 11.1 Å². The average Bonchev–Trinajstić information content (AvgIpc) is 1.95. The number of aliphatic hydroxyl groups excluding tert-OH is 1. The molecule has 0 bridgehead atoms. The van der Waals surface area contributed by atoms with Crippen molar-refractivity contribution in [3.05, 3.63) is 29.3 Å². The van der Waals surface area contributed by atoms with Gasteiger partial charge in [0.2, 0.25) is 0 Å². The van der Waals surface area contributed by atoms with E-state index in [0.29, 0.717) is 5.69 Å². The van der Waals surface area contributed by atoms with Gasteiger partial charge in [0.05, 0.1) is 12.3 Å². The maximum atomic E-state index is 8.76. The molecule has 0 aliphatic rings. The molecule has 0 saturated heterocycles. The molecule has 0 fully saturated rings. The summed E-state index contributed by atoms with van der Waals surface area (Å²) in [4.78, 5) is 0. The van der Waals surface area contributed by atoms with Crippen molar-refractivity contribution in [1.82, 2.24) is 5.73 Å². The molecule has 1 aromatic rings. The second-order valence-electron chi connectivity index (χ2n) is 2.25. The zero-order valence-corrected chi connectivity index (χ0v) is 5.89. The second-order valence-corrected chi connectivity index (χ2v) is 2.25. The molecule has 0 unspecified atom stereocenters. The summed E-state index contributed by atoms with van der Waals surface area (Å²) in [7, 11) is 0. The van der Waals surface area contributed by atoms with E-state index in [-0.39, 0.29) is 6.61 Å². The largest absolute Gasteiger partial charge is 0.392 e. The molecule has 2 N–H and O–H groups in total. The minimum Gasteiger partial charge on any atom is -0.392 e. The van der Waals surface area contributed by atoms with Crippen molar-refractivity contribution in [2.45, 2.75) is 13.5 Å². The lowest BCUT2D eigenvalue weighted by atomic mass is 10.1. The lowest BCUT2D eigenvalue weighted by molar-refractivity contribution is 0.281. The monoisotopic (exact) mass is 136 g/mol. The second kappa shape index (κ2) is 2.71. The molecule has 0 saturated carbocycles. The predicted octanol–water partition coefficient (Wildman–Crippen LogP) is 1.40. The molecule has 1 aromatic carbocycles. The summed E-state index contributed by atoms with van der Waals surface area (Å²) >= 11 is 0. The van der Waals surface area contributed by atoms with Gasteiger partial charge in [-0.05, 0) is 24.1 Å². The predicted molar refractivity (Wildman–Crippen MR) is 39.9 cm³/mol. The molecule has 1 radical (unpaired) electrons. The third-order valence-electron chi connectivity index (χ3n) is 1.62. The van der Waals surface area contributed by atoms with Gasteiger partial charge in [-0.2, -0.15) is 0 Å². The Labute approximate surface area is 60.3 Å². The van der Waals surface area contributed by atoms with Crippen LogP contribution in [-0.2, 0) is 6.61 Å². The fourth-order valence-electron chi connectivity index (χ4n) is 0.855. The van der Waals surface area contributed by atoms with Crippen LogP contribution in [0.1, 0.15) is 11.1 Å². The number of aliphatic hydroxyl groups is 1. The summed E-state index contributed by atoms with van der Waals surface area (Å²) in [6.45, 7) is 1.87. The van der Waals surface area contributed by atoms with E-state index in [2.05, 4.69) is 0 Å². The minimum absolute atomic E-state index is 0.0263. The van der Waals surface area contributed by atoms with Gasteiger partial charge in [0.15, 0.2) is 0 Å². The normalized spacial score (nSPS) is 9.80. The number of benzene rings is 1. The van der Waals surface area contributed by atoms with Crippen molar-refractivity contribution in [3.8, 4) is 0 Å². The van der Waals surface area contributed by atoms with Gasteiger partial charge >= 0.3 is 0 Å². The third-order valence-corrected chi connectivity index (χ3v) is 1.62. The van der Waals surface area contributed by atoms with Crippen LogP contribution in [0.25, 0.3) is 0 Å². The zero-order chi connectivity index (χ0) is 7.56. The number of rotatable bonds is 1. The van der Waals surface area contributed by atoms with Crippen LogP contribution in [0.5, 0.6) is 0 Å². The average molecular weight is 136 g/mol. The highest BCUT2D eigenvalue weighted by Crippen LogP contribution is 2.15. The summed E-state index contributed by atoms with van der Waals surface area (Å²) in [5.74, 6) is 0. The first-order valence-electron chi connectivity index (χ1n) is 3.16. The smallest absolute Gasteiger partial charge is 0.0685 e. The first-order valence-corrected chi connectivity index (χ1v) is 3.16. The Balaban J connectivity index is 3.14. The highest BCUT2D eigenvalue weighted by Gasteiger charge is 1.97. The third kappa shape index (κ3) is 1.11. The van der Waals surface area contributed by atoms with Gasteiger partial charge in [0.25, 0.3) is 0 Å². The van der Waals surface area contributed by atoms with Crippen LogP contribution in [-0.4, -0.2) is 5.11 Å². The highest BCUT2D eigenvalue weighted by atomic mass is 16.3. The fraction of sp³-hybridized carbons (Fsp3) is 0.250. The number of hydrogen-bond donors (Lipinski definition) is 1. The molecule has 0 aromatic heterocycles. The van der Waals surface area contributed by atoms with Gasteiger partial charge in [-0.3, -0.25) is 0 Å². The molecule has 53 valence electrons. The van der Waals surface area contributed by atoms with Crippen LogP contribution in [0.15, 0.2) is 18.2 Å². The summed E-state index contributed by atoms with van der Waals surface area (Å²) in [5, 5.41) is 8.76. The Morgan fingerprint density at radius 1 is 1.50 bits per heavy atom. The van der Waals surface area contributed by atoms with Crippen LogP contribution in [0.2, 0.25) is 0 Å². The van der Waals surface area contributed by atoms with Gasteiger partial charge < -0.3 is 10.8 Å². The zero-order valence-electron chi connectivity index (χ0n) is 5.89. The van der Waals surface area contributed by atoms with Gasteiger partial charge in [0.1, 0.15) is 0 Å². The molecule has 0 aliphatic heterocycles. The minimum atomic E-state index is 0.0263. The van der Waals surface area contributed by atoms with Crippen LogP contribution < -0.4 is 5.73 Å². The standard InChI is InChI=1S/C8H10NO/c1-6-7(5-10)3-2-4-8(6)9/h2-4,9-10H,5H2,1H3. The molecule has 0 amide bonds. The van der Waals surface area contributed by atoms with Crippen molar-refractivity contribution >= 4 is 5.69 Å². The van der Waals surface area contributed by atoms with E-state index in [4.69, 9.17) is 10.8 Å².